The average Bonchev–Trinajstić information content (AvgIpc) is 2.98. The van der Waals surface area contributed by atoms with Crippen molar-refractivity contribution in [2.75, 3.05) is 6.54 Å². The van der Waals surface area contributed by atoms with Gasteiger partial charge in [0.2, 0.25) is 5.91 Å². The second-order valence-electron chi connectivity index (χ2n) is 8.27. The Bertz CT molecular complexity index is 1030. The molecule has 1 saturated carbocycles. The zero-order valence-electron chi connectivity index (χ0n) is 16.7. The summed E-state index contributed by atoms with van der Waals surface area (Å²) in [5, 5.41) is 0. The van der Waals surface area contributed by atoms with Crippen molar-refractivity contribution in [1.29, 1.82) is 0 Å². The predicted molar refractivity (Wildman–Crippen MR) is 109 cm³/mol. The van der Waals surface area contributed by atoms with Crippen molar-refractivity contribution in [2.24, 2.45) is 5.92 Å². The zero-order chi connectivity index (χ0) is 23.2. The standard InChI is InChI=1S/C22H20F6N2OS/c23-13-4-5-17(25)16(9-13)15-3-1-2-11(19(15)26)8-18-20(29-32)22(27,28)10-30(18)21(31)12-6-14(24)7-12/h1-5,9,12,14,18,20,29,32H,6-8,10H2. The molecule has 4 rings (SSSR count). The van der Waals surface area contributed by atoms with Gasteiger partial charge in [0, 0.05) is 17.0 Å². The molecule has 2 aromatic carbocycles. The van der Waals surface area contributed by atoms with E-state index in [9.17, 15) is 26.7 Å². The van der Waals surface area contributed by atoms with Crippen molar-refractivity contribution < 1.29 is 31.1 Å². The topological polar surface area (TPSA) is 32.3 Å². The number of alkyl halides is 3. The molecule has 0 radical (unpaired) electrons. The molecule has 2 atom stereocenters. The molecule has 1 saturated heterocycles. The Morgan fingerprint density at radius 2 is 1.84 bits per heavy atom. The molecule has 1 heterocycles. The first-order chi connectivity index (χ1) is 15.1. The SMILES string of the molecule is O=C(C1CC(F)C1)N1CC(F)(F)C(NS)C1Cc1cccc(-c2cc(F)ccc2F)c1F. The smallest absolute Gasteiger partial charge is 0.283 e. The highest BCUT2D eigenvalue weighted by atomic mass is 32.1. The van der Waals surface area contributed by atoms with Gasteiger partial charge >= 0.3 is 0 Å². The minimum atomic E-state index is -3.34. The Kier molecular flexibility index (Phi) is 6.19. The van der Waals surface area contributed by atoms with Gasteiger partial charge in [0.05, 0.1) is 12.6 Å². The van der Waals surface area contributed by atoms with Crippen LogP contribution in [-0.4, -0.2) is 41.5 Å². The van der Waals surface area contributed by atoms with Crippen molar-refractivity contribution >= 4 is 18.7 Å². The summed E-state index contributed by atoms with van der Waals surface area (Å²) in [6, 6.07) is 3.86. The highest BCUT2D eigenvalue weighted by Crippen LogP contribution is 2.40. The predicted octanol–water partition coefficient (Wildman–Crippen LogP) is 4.71. The number of hydrogen-bond acceptors (Lipinski definition) is 3. The lowest BCUT2D eigenvalue weighted by Crippen LogP contribution is -2.50. The van der Waals surface area contributed by atoms with Crippen LogP contribution in [0.1, 0.15) is 18.4 Å². The fourth-order valence-corrected chi connectivity index (χ4v) is 4.77. The van der Waals surface area contributed by atoms with Crippen LogP contribution in [0.3, 0.4) is 0 Å². The molecule has 2 fully saturated rings. The fourth-order valence-electron chi connectivity index (χ4n) is 4.41. The van der Waals surface area contributed by atoms with Crippen molar-refractivity contribution in [1.82, 2.24) is 9.62 Å². The third-order valence-electron chi connectivity index (χ3n) is 6.20. The molecule has 1 N–H and O–H groups in total. The number of nitrogens with one attached hydrogen (secondary N) is 1. The minimum Gasteiger partial charge on any atom is -0.331 e. The zero-order valence-corrected chi connectivity index (χ0v) is 17.6. The maximum atomic E-state index is 15.3. The maximum Gasteiger partial charge on any atom is 0.283 e. The number of halogens is 6. The van der Waals surface area contributed by atoms with Gasteiger partial charge in [-0.15, -0.1) is 0 Å². The Labute approximate surface area is 186 Å². The van der Waals surface area contributed by atoms with Crippen LogP contribution in [0.4, 0.5) is 26.3 Å². The molecule has 0 spiro atoms. The first-order valence-electron chi connectivity index (χ1n) is 10.1. The van der Waals surface area contributed by atoms with Crippen LogP contribution in [0.2, 0.25) is 0 Å². The van der Waals surface area contributed by atoms with Crippen LogP contribution >= 0.6 is 12.8 Å². The lowest BCUT2D eigenvalue weighted by Gasteiger charge is -2.35. The number of thiol groups is 1. The average molecular weight is 474 g/mol. The van der Waals surface area contributed by atoms with Gasteiger partial charge in [0.1, 0.15) is 29.7 Å². The third-order valence-corrected chi connectivity index (χ3v) is 6.48. The van der Waals surface area contributed by atoms with E-state index in [1.165, 1.54) is 18.2 Å². The number of benzene rings is 2. The highest BCUT2D eigenvalue weighted by molar-refractivity contribution is 7.78. The summed E-state index contributed by atoms with van der Waals surface area (Å²) in [6.45, 7) is -0.901. The summed E-state index contributed by atoms with van der Waals surface area (Å²) in [5.41, 5.74) is -0.574. The Hall–Kier alpha value is -2.20. The molecule has 0 bridgehead atoms. The van der Waals surface area contributed by atoms with Crippen molar-refractivity contribution in [3.63, 3.8) is 0 Å². The summed E-state index contributed by atoms with van der Waals surface area (Å²) < 4.78 is 87.7. The molecule has 0 aromatic heterocycles. The van der Waals surface area contributed by atoms with Crippen molar-refractivity contribution in [3.05, 3.63) is 59.4 Å². The highest BCUT2D eigenvalue weighted by Gasteiger charge is 2.57. The summed E-state index contributed by atoms with van der Waals surface area (Å²) in [5.74, 6) is -7.15. The van der Waals surface area contributed by atoms with E-state index in [0.717, 1.165) is 23.1 Å². The van der Waals surface area contributed by atoms with Gasteiger partial charge < -0.3 is 4.90 Å². The van der Waals surface area contributed by atoms with Gasteiger partial charge in [-0.2, -0.15) is 0 Å². The molecular formula is C22H20F6N2OS. The molecule has 1 aliphatic carbocycles. The molecule has 3 nitrogen and oxygen atoms in total. The van der Waals surface area contributed by atoms with Gasteiger partial charge in [-0.05, 0) is 43.0 Å². The van der Waals surface area contributed by atoms with Crippen LogP contribution in [0.25, 0.3) is 11.1 Å². The molecule has 1 aliphatic heterocycles. The second kappa shape index (κ2) is 8.62. The number of carbonyl (C=O) groups excluding carboxylic acids is 1. The molecule has 2 aromatic rings. The summed E-state index contributed by atoms with van der Waals surface area (Å²) in [4.78, 5) is 13.7. The largest absolute Gasteiger partial charge is 0.331 e. The van der Waals surface area contributed by atoms with E-state index in [-0.39, 0.29) is 36.0 Å². The summed E-state index contributed by atoms with van der Waals surface area (Å²) >= 11 is 3.78. The van der Waals surface area contributed by atoms with Crippen LogP contribution in [0.5, 0.6) is 0 Å². The van der Waals surface area contributed by atoms with Gasteiger partial charge in [-0.25, -0.2) is 26.3 Å². The number of amides is 1. The minimum absolute atomic E-state index is 0.0325. The van der Waals surface area contributed by atoms with E-state index in [0.29, 0.717) is 0 Å². The molecule has 1 amide bonds. The molecule has 172 valence electrons. The molecule has 2 aliphatic rings. The monoisotopic (exact) mass is 474 g/mol. The van der Waals surface area contributed by atoms with Crippen molar-refractivity contribution in [2.45, 2.75) is 43.4 Å². The number of carbonyl (C=O) groups is 1. The Balaban J connectivity index is 1.67. The summed E-state index contributed by atoms with van der Waals surface area (Å²) in [6.07, 6.45) is -1.52. The van der Waals surface area contributed by atoms with E-state index in [2.05, 4.69) is 17.5 Å². The Morgan fingerprint density at radius 1 is 1.12 bits per heavy atom. The lowest BCUT2D eigenvalue weighted by atomic mass is 9.82. The van der Waals surface area contributed by atoms with Gasteiger partial charge in [0.25, 0.3) is 5.92 Å². The maximum absolute atomic E-state index is 15.3. The molecule has 32 heavy (non-hydrogen) atoms. The van der Waals surface area contributed by atoms with Gasteiger partial charge in [-0.1, -0.05) is 31.0 Å². The fraction of sp³-hybridized carbons (Fsp3) is 0.409. The molecule has 10 heteroatoms. The van der Waals surface area contributed by atoms with Crippen molar-refractivity contribution in [3.8, 4) is 11.1 Å². The van der Waals surface area contributed by atoms with Crippen LogP contribution in [0, 0.1) is 23.4 Å². The van der Waals surface area contributed by atoms with E-state index >= 15 is 4.39 Å². The summed E-state index contributed by atoms with van der Waals surface area (Å²) in [7, 11) is 0. The third kappa shape index (κ3) is 4.10. The molecular weight excluding hydrogens is 454 g/mol. The number of nitrogens with zero attached hydrogens (tertiary/aromatic N) is 1. The Morgan fingerprint density at radius 3 is 2.50 bits per heavy atom. The van der Waals surface area contributed by atoms with Crippen LogP contribution < -0.4 is 4.72 Å². The first kappa shape index (κ1) is 23.0. The molecule has 2 unspecified atom stereocenters. The second-order valence-corrected chi connectivity index (χ2v) is 8.53. The van der Waals surface area contributed by atoms with E-state index in [1.54, 1.807) is 0 Å². The first-order valence-corrected chi connectivity index (χ1v) is 10.5. The van der Waals surface area contributed by atoms with Crippen LogP contribution in [0.15, 0.2) is 36.4 Å². The normalized spacial score (nSPS) is 26.8. The number of hydrogen-bond donors (Lipinski definition) is 2. The quantitative estimate of drug-likeness (QED) is 0.486. The van der Waals surface area contributed by atoms with E-state index in [4.69, 9.17) is 0 Å². The van der Waals surface area contributed by atoms with E-state index in [1.807, 2.05) is 0 Å². The lowest BCUT2D eigenvalue weighted by molar-refractivity contribution is -0.142. The van der Waals surface area contributed by atoms with Gasteiger partial charge in [-0.3, -0.25) is 9.52 Å². The number of likely N-dealkylation sites (tertiary alicyclic amines) is 1. The van der Waals surface area contributed by atoms with Gasteiger partial charge in [0.15, 0.2) is 0 Å². The number of rotatable bonds is 5. The van der Waals surface area contributed by atoms with E-state index < -0.39 is 60.0 Å². The van der Waals surface area contributed by atoms with Crippen LogP contribution in [-0.2, 0) is 11.2 Å².